The highest BCUT2D eigenvalue weighted by Crippen LogP contribution is 2.30. The molecule has 2 saturated heterocycles. The molecule has 0 amide bonds. The third-order valence-electron chi connectivity index (χ3n) is 5.32. The normalized spacial score (nSPS) is 39.2. The summed E-state index contributed by atoms with van der Waals surface area (Å²) in [6, 6.07) is 0. The van der Waals surface area contributed by atoms with Gasteiger partial charge in [0.2, 0.25) is 0 Å². The van der Waals surface area contributed by atoms with Gasteiger partial charge in [-0.05, 0) is 0 Å². The number of hydrogen-bond donors (Lipinski definition) is 4. The van der Waals surface area contributed by atoms with Crippen molar-refractivity contribution in [2.75, 3.05) is 40.1 Å². The highest BCUT2D eigenvalue weighted by molar-refractivity contribution is 4.95. The molecule has 2 aliphatic heterocycles. The third-order valence-corrected chi connectivity index (χ3v) is 5.32. The van der Waals surface area contributed by atoms with E-state index < -0.39 is 68.0 Å². The first-order valence-corrected chi connectivity index (χ1v) is 10.7. The summed E-state index contributed by atoms with van der Waals surface area (Å²) in [5, 5.41) is 39.6. The molecule has 0 unspecified atom stereocenters. The van der Waals surface area contributed by atoms with Crippen LogP contribution in [0, 0.1) is 0 Å². The maximum Gasteiger partial charge on any atom is 0.186 e. The van der Waals surface area contributed by atoms with Crippen molar-refractivity contribution in [1.82, 2.24) is 0 Å². The third kappa shape index (κ3) is 7.13. The number of ether oxygens (including phenoxy) is 7. The first-order chi connectivity index (χ1) is 15.9. The van der Waals surface area contributed by atoms with E-state index in [9.17, 15) is 20.4 Å². The molecule has 0 aromatic carbocycles. The molecule has 2 aliphatic rings. The average molecular weight is 477 g/mol. The van der Waals surface area contributed by atoms with E-state index in [2.05, 4.69) is 19.7 Å². The largest absolute Gasteiger partial charge is 0.394 e. The van der Waals surface area contributed by atoms with Gasteiger partial charge in [0.05, 0.1) is 33.0 Å². The minimum atomic E-state index is -1.56. The lowest BCUT2D eigenvalue weighted by Gasteiger charge is -2.46. The van der Waals surface area contributed by atoms with Gasteiger partial charge >= 0.3 is 0 Å². The Morgan fingerprint density at radius 3 is 1.79 bits per heavy atom. The monoisotopic (exact) mass is 476 g/mol. The Labute approximate surface area is 193 Å². The molecule has 0 aromatic heterocycles. The van der Waals surface area contributed by atoms with Gasteiger partial charge in [0.15, 0.2) is 12.6 Å². The van der Waals surface area contributed by atoms with Crippen molar-refractivity contribution < 1.29 is 53.6 Å². The Bertz CT molecular complexity index is 601. The Morgan fingerprint density at radius 2 is 1.24 bits per heavy atom. The zero-order chi connectivity index (χ0) is 24.4. The molecule has 190 valence electrons. The second-order valence-electron chi connectivity index (χ2n) is 7.57. The molecule has 0 radical (unpaired) electrons. The van der Waals surface area contributed by atoms with Crippen LogP contribution >= 0.6 is 0 Å². The van der Waals surface area contributed by atoms with Crippen LogP contribution in [0.1, 0.15) is 0 Å². The van der Waals surface area contributed by atoms with Crippen LogP contribution in [-0.2, 0) is 33.2 Å². The van der Waals surface area contributed by atoms with Crippen molar-refractivity contribution in [3.63, 3.8) is 0 Å². The van der Waals surface area contributed by atoms with Crippen molar-refractivity contribution in [2.24, 2.45) is 0 Å². The second-order valence-corrected chi connectivity index (χ2v) is 7.57. The Kier molecular flexibility index (Phi) is 12.1. The van der Waals surface area contributed by atoms with Crippen LogP contribution in [0.4, 0.5) is 0 Å². The van der Waals surface area contributed by atoms with Gasteiger partial charge < -0.3 is 53.6 Å². The molecule has 0 aliphatic carbocycles. The summed E-state index contributed by atoms with van der Waals surface area (Å²) < 4.78 is 40.3. The van der Waals surface area contributed by atoms with Gasteiger partial charge in [0.25, 0.3) is 0 Å². The second kappa shape index (κ2) is 14.2. The van der Waals surface area contributed by atoms with Gasteiger partial charge in [-0.1, -0.05) is 18.2 Å². The molecule has 0 bridgehead atoms. The smallest absolute Gasteiger partial charge is 0.186 e. The summed E-state index contributed by atoms with van der Waals surface area (Å²) >= 11 is 0. The molecule has 11 heteroatoms. The number of aliphatic hydroxyl groups is 4. The summed E-state index contributed by atoms with van der Waals surface area (Å²) in [5.41, 5.74) is 0. The fourth-order valence-corrected chi connectivity index (χ4v) is 3.70. The summed E-state index contributed by atoms with van der Waals surface area (Å²) in [6.45, 7) is 10.9. The lowest BCUT2D eigenvalue weighted by molar-refractivity contribution is -0.336. The van der Waals surface area contributed by atoms with E-state index in [1.54, 1.807) is 18.2 Å². The van der Waals surface area contributed by atoms with Crippen molar-refractivity contribution in [3.05, 3.63) is 38.0 Å². The Balaban J connectivity index is 2.20. The van der Waals surface area contributed by atoms with Gasteiger partial charge in [0, 0.05) is 7.11 Å². The van der Waals surface area contributed by atoms with Crippen LogP contribution in [-0.4, -0.2) is 122 Å². The maximum absolute atomic E-state index is 10.2. The van der Waals surface area contributed by atoms with E-state index in [1.165, 1.54) is 7.11 Å². The van der Waals surface area contributed by atoms with Gasteiger partial charge in [0.1, 0.15) is 48.8 Å². The zero-order valence-electron chi connectivity index (χ0n) is 18.8. The predicted molar refractivity (Wildman–Crippen MR) is 115 cm³/mol. The van der Waals surface area contributed by atoms with Gasteiger partial charge in [-0.3, -0.25) is 0 Å². The standard InChI is InChI=1S/C22H36O11/c1-5-8-28-18-14(12-31-21-17(26)16(25)15(24)13(11-23)32-21)33-22(27-4)20(30-10-7-3)19(18)29-9-6-2/h5-7,13-26H,1-3,8-12H2,4H3/t13-,14-,15-,16+,17-,18-,19+,20-,21+,22+/m1/s1. The summed E-state index contributed by atoms with van der Waals surface area (Å²) in [6.07, 6.45) is -5.89. The molecule has 33 heavy (non-hydrogen) atoms. The van der Waals surface area contributed by atoms with Crippen LogP contribution in [0.2, 0.25) is 0 Å². The number of hydrogen-bond acceptors (Lipinski definition) is 11. The lowest BCUT2D eigenvalue weighted by atomic mass is 9.97. The SMILES string of the molecule is C=CCO[C@@H]1[C@@H](OCC=C)[C@@H](OC)O[C@H](CO[C@H]2O[C@H](CO)[C@@H](O)[C@H](O)[C@H]2O)[C@H]1OCC=C. The molecule has 10 atom stereocenters. The van der Waals surface area contributed by atoms with Crippen LogP contribution in [0.25, 0.3) is 0 Å². The zero-order valence-corrected chi connectivity index (χ0v) is 18.8. The molecular formula is C22H36O11. The summed E-state index contributed by atoms with van der Waals surface area (Å²) in [4.78, 5) is 0. The molecule has 2 fully saturated rings. The quantitative estimate of drug-likeness (QED) is 0.226. The molecule has 0 aromatic rings. The van der Waals surface area contributed by atoms with Crippen LogP contribution in [0.15, 0.2) is 38.0 Å². The first-order valence-electron chi connectivity index (χ1n) is 10.7. The topological polar surface area (TPSA) is 146 Å². The van der Waals surface area contributed by atoms with Gasteiger partial charge in [-0.25, -0.2) is 0 Å². The van der Waals surface area contributed by atoms with Crippen LogP contribution < -0.4 is 0 Å². The van der Waals surface area contributed by atoms with E-state index in [0.717, 1.165) is 0 Å². The molecule has 11 nitrogen and oxygen atoms in total. The van der Waals surface area contributed by atoms with Crippen LogP contribution in [0.5, 0.6) is 0 Å². The van der Waals surface area contributed by atoms with Crippen LogP contribution in [0.3, 0.4) is 0 Å². The van der Waals surface area contributed by atoms with Crippen molar-refractivity contribution in [3.8, 4) is 0 Å². The highest BCUT2D eigenvalue weighted by Gasteiger charge is 2.50. The first kappa shape index (κ1) is 28.0. The molecule has 0 saturated carbocycles. The molecule has 0 spiro atoms. The molecular weight excluding hydrogens is 440 g/mol. The molecule has 4 N–H and O–H groups in total. The predicted octanol–water partition coefficient (Wildman–Crippen LogP) is -1.11. The molecule has 2 heterocycles. The molecule has 2 rings (SSSR count). The van der Waals surface area contributed by atoms with Crippen molar-refractivity contribution in [1.29, 1.82) is 0 Å². The highest BCUT2D eigenvalue weighted by atomic mass is 16.7. The van der Waals surface area contributed by atoms with E-state index >= 15 is 0 Å². The fraction of sp³-hybridized carbons (Fsp3) is 0.727. The minimum Gasteiger partial charge on any atom is -0.394 e. The average Bonchev–Trinajstić information content (AvgIpc) is 2.83. The van der Waals surface area contributed by atoms with E-state index in [-0.39, 0.29) is 26.4 Å². The minimum absolute atomic E-state index is 0.160. The number of rotatable bonds is 14. The number of methoxy groups -OCH3 is 1. The summed E-state index contributed by atoms with van der Waals surface area (Å²) in [7, 11) is 1.46. The summed E-state index contributed by atoms with van der Waals surface area (Å²) in [5.74, 6) is 0. The Hall–Kier alpha value is -1.22. The van der Waals surface area contributed by atoms with Gasteiger partial charge in [-0.15, -0.1) is 19.7 Å². The maximum atomic E-state index is 10.2. The Morgan fingerprint density at radius 1 is 0.697 bits per heavy atom. The van der Waals surface area contributed by atoms with E-state index in [0.29, 0.717) is 0 Å². The lowest BCUT2D eigenvalue weighted by Crippen LogP contribution is -2.63. The fourth-order valence-electron chi connectivity index (χ4n) is 3.70. The van der Waals surface area contributed by atoms with Crippen molar-refractivity contribution >= 4 is 0 Å². The van der Waals surface area contributed by atoms with Gasteiger partial charge in [-0.2, -0.15) is 0 Å². The van der Waals surface area contributed by atoms with E-state index in [4.69, 9.17) is 33.2 Å². The van der Waals surface area contributed by atoms with E-state index in [1.807, 2.05) is 0 Å². The number of aliphatic hydroxyl groups excluding tert-OH is 4. The van der Waals surface area contributed by atoms with Crippen molar-refractivity contribution in [2.45, 2.75) is 61.4 Å².